The molecule has 0 saturated carbocycles. The molecule has 0 radical (unpaired) electrons. The summed E-state index contributed by atoms with van der Waals surface area (Å²) in [6, 6.07) is 8.94. The number of amides is 2. The summed E-state index contributed by atoms with van der Waals surface area (Å²) < 4.78 is 5.17. The molecule has 0 bridgehead atoms. The van der Waals surface area contributed by atoms with Crippen molar-refractivity contribution >= 4 is 46.1 Å². The molecule has 0 fully saturated rings. The van der Waals surface area contributed by atoms with Crippen LogP contribution in [0, 0.1) is 0 Å². The fraction of sp³-hybridized carbons (Fsp3) is 0.292. The molecule has 2 amide bonds. The minimum atomic E-state index is -1.64. The van der Waals surface area contributed by atoms with Gasteiger partial charge in [0.15, 0.2) is 5.60 Å². The van der Waals surface area contributed by atoms with Crippen molar-refractivity contribution in [2.24, 2.45) is 0 Å². The van der Waals surface area contributed by atoms with Crippen molar-refractivity contribution in [1.29, 1.82) is 0 Å². The molecule has 1 aliphatic heterocycles. The van der Waals surface area contributed by atoms with Gasteiger partial charge in [0.25, 0.3) is 5.91 Å². The highest BCUT2D eigenvalue weighted by molar-refractivity contribution is 8.00. The Morgan fingerprint density at radius 3 is 2.97 bits per heavy atom. The van der Waals surface area contributed by atoms with Gasteiger partial charge in [-0.05, 0) is 43.2 Å². The third kappa shape index (κ3) is 4.97. The molecule has 3 aromatic rings. The maximum Gasteiger partial charge on any atom is 0.260 e. The van der Waals surface area contributed by atoms with Crippen LogP contribution in [0.15, 0.2) is 53.6 Å². The van der Waals surface area contributed by atoms with E-state index < -0.39 is 11.5 Å². The van der Waals surface area contributed by atoms with Crippen LogP contribution >= 0.6 is 11.8 Å². The Morgan fingerprint density at radius 2 is 2.17 bits per heavy atom. The van der Waals surface area contributed by atoms with E-state index in [1.54, 1.807) is 30.5 Å². The molecule has 0 saturated heterocycles. The number of ether oxygens (including phenoxy) is 1. The van der Waals surface area contributed by atoms with Gasteiger partial charge in [-0.2, -0.15) is 0 Å². The van der Waals surface area contributed by atoms with Crippen molar-refractivity contribution in [1.82, 2.24) is 20.3 Å². The van der Waals surface area contributed by atoms with Crippen LogP contribution in [-0.2, 0) is 16.1 Å². The van der Waals surface area contributed by atoms with Gasteiger partial charge in [0.1, 0.15) is 11.3 Å². The molecule has 11 heteroatoms. The summed E-state index contributed by atoms with van der Waals surface area (Å²) >= 11 is 1.47. The van der Waals surface area contributed by atoms with Gasteiger partial charge in [-0.1, -0.05) is 6.08 Å². The number of anilines is 2. The molecule has 35 heavy (non-hydrogen) atoms. The van der Waals surface area contributed by atoms with Gasteiger partial charge in [0, 0.05) is 24.8 Å². The van der Waals surface area contributed by atoms with Gasteiger partial charge in [-0.15, -0.1) is 11.8 Å². The molecule has 3 aromatic heterocycles. The van der Waals surface area contributed by atoms with Crippen molar-refractivity contribution in [3.8, 4) is 5.88 Å². The molecule has 0 unspecified atom stereocenters. The number of hydrogen-bond acceptors (Lipinski definition) is 9. The summed E-state index contributed by atoms with van der Waals surface area (Å²) in [7, 11) is 1.52. The molecule has 2 aliphatic rings. The van der Waals surface area contributed by atoms with Crippen LogP contribution in [0.25, 0.3) is 11.0 Å². The number of carbonyl (C=O) groups is 2. The predicted octanol–water partition coefficient (Wildman–Crippen LogP) is 2.26. The summed E-state index contributed by atoms with van der Waals surface area (Å²) in [5, 5.41) is 19.9. The maximum atomic E-state index is 13.0. The summed E-state index contributed by atoms with van der Waals surface area (Å²) in [4.78, 5) is 38.7. The predicted molar refractivity (Wildman–Crippen MR) is 132 cm³/mol. The maximum absolute atomic E-state index is 13.0. The third-order valence-corrected chi connectivity index (χ3v) is 6.97. The first-order valence-electron chi connectivity index (χ1n) is 11.1. The number of pyridine rings is 3. The third-order valence-electron chi connectivity index (χ3n) is 5.93. The van der Waals surface area contributed by atoms with Gasteiger partial charge in [-0.25, -0.2) is 9.97 Å². The number of nitrogens with one attached hydrogen (secondary N) is 3. The van der Waals surface area contributed by atoms with Crippen molar-refractivity contribution in [2.45, 2.75) is 35.9 Å². The topological polar surface area (TPSA) is 138 Å². The average molecular weight is 493 g/mol. The van der Waals surface area contributed by atoms with Crippen molar-refractivity contribution in [3.63, 3.8) is 0 Å². The number of nitrogens with zero attached hydrogens (tertiary/aromatic N) is 3. The Labute approximate surface area is 205 Å². The van der Waals surface area contributed by atoms with Gasteiger partial charge in [0.05, 0.1) is 34.7 Å². The Kier molecular flexibility index (Phi) is 6.37. The SMILES string of the molecule is COc1ccc2nccc(NC(=O)[C@@]3(O)C=C[C@H](NCc4ccc5c(n4)NC(=O)CS5)CC3)c2n1. The number of methoxy groups -OCH3 is 1. The highest BCUT2D eigenvalue weighted by atomic mass is 32.2. The van der Waals surface area contributed by atoms with Gasteiger partial charge >= 0.3 is 0 Å². The lowest BCUT2D eigenvalue weighted by Crippen LogP contribution is -2.45. The summed E-state index contributed by atoms with van der Waals surface area (Å²) in [5.74, 6) is 0.807. The van der Waals surface area contributed by atoms with Crippen molar-refractivity contribution < 1.29 is 19.4 Å². The van der Waals surface area contributed by atoms with E-state index in [1.165, 1.54) is 24.9 Å². The quantitative estimate of drug-likeness (QED) is 0.382. The molecule has 4 heterocycles. The van der Waals surface area contributed by atoms with E-state index in [0.717, 1.165) is 10.6 Å². The minimum Gasteiger partial charge on any atom is -0.481 e. The number of carbonyl (C=O) groups excluding carboxylic acids is 2. The lowest BCUT2D eigenvalue weighted by Gasteiger charge is -2.30. The molecule has 0 aromatic carbocycles. The lowest BCUT2D eigenvalue weighted by molar-refractivity contribution is -0.130. The van der Waals surface area contributed by atoms with Gasteiger partial charge < -0.3 is 25.8 Å². The molecule has 1 aliphatic carbocycles. The summed E-state index contributed by atoms with van der Waals surface area (Å²) in [6.45, 7) is 0.490. The van der Waals surface area contributed by atoms with Crippen LogP contribution in [-0.4, -0.2) is 56.4 Å². The Bertz CT molecular complexity index is 1330. The van der Waals surface area contributed by atoms with E-state index in [2.05, 4.69) is 30.9 Å². The highest BCUT2D eigenvalue weighted by Crippen LogP contribution is 2.30. The van der Waals surface area contributed by atoms with Crippen LogP contribution in [0.1, 0.15) is 18.5 Å². The molecule has 180 valence electrons. The zero-order valence-electron chi connectivity index (χ0n) is 18.9. The second-order valence-corrected chi connectivity index (χ2v) is 9.35. The fourth-order valence-corrected chi connectivity index (χ4v) is 4.74. The number of thioether (sulfide) groups is 1. The average Bonchev–Trinajstić information content (AvgIpc) is 2.88. The largest absolute Gasteiger partial charge is 0.481 e. The van der Waals surface area contributed by atoms with Crippen LogP contribution < -0.4 is 20.7 Å². The smallest absolute Gasteiger partial charge is 0.260 e. The second kappa shape index (κ2) is 9.61. The van der Waals surface area contributed by atoms with E-state index in [0.29, 0.717) is 47.1 Å². The molecular formula is C24H24N6O4S. The number of rotatable bonds is 6. The summed E-state index contributed by atoms with van der Waals surface area (Å²) in [5.41, 5.74) is 0.692. The van der Waals surface area contributed by atoms with Crippen LogP contribution in [0.2, 0.25) is 0 Å². The summed E-state index contributed by atoms with van der Waals surface area (Å²) in [6.07, 6.45) is 5.70. The second-order valence-electron chi connectivity index (χ2n) is 8.33. The highest BCUT2D eigenvalue weighted by Gasteiger charge is 2.36. The van der Waals surface area contributed by atoms with E-state index >= 15 is 0 Å². The molecule has 10 nitrogen and oxygen atoms in total. The van der Waals surface area contributed by atoms with Crippen molar-refractivity contribution in [2.75, 3.05) is 23.5 Å². The molecular weight excluding hydrogens is 468 g/mol. The van der Waals surface area contributed by atoms with E-state index in [4.69, 9.17) is 4.74 Å². The number of aromatic nitrogens is 3. The molecule has 5 rings (SSSR count). The van der Waals surface area contributed by atoms with E-state index in [-0.39, 0.29) is 18.4 Å². The Morgan fingerprint density at radius 1 is 1.29 bits per heavy atom. The molecule has 0 spiro atoms. The fourth-order valence-electron chi connectivity index (χ4n) is 3.98. The van der Waals surface area contributed by atoms with E-state index in [9.17, 15) is 14.7 Å². The van der Waals surface area contributed by atoms with Crippen LogP contribution in [0.5, 0.6) is 5.88 Å². The minimum absolute atomic E-state index is 0.0300. The van der Waals surface area contributed by atoms with Crippen LogP contribution in [0.4, 0.5) is 11.5 Å². The van der Waals surface area contributed by atoms with Gasteiger partial charge in [0.2, 0.25) is 11.8 Å². The number of aliphatic hydroxyl groups is 1. The first-order chi connectivity index (χ1) is 16.9. The van der Waals surface area contributed by atoms with E-state index in [1.807, 2.05) is 12.1 Å². The zero-order valence-corrected chi connectivity index (χ0v) is 19.8. The number of fused-ring (bicyclic) bond motifs is 2. The van der Waals surface area contributed by atoms with Gasteiger partial charge in [-0.3, -0.25) is 14.6 Å². The normalized spacial score (nSPS) is 21.3. The zero-order chi connectivity index (χ0) is 24.4. The monoisotopic (exact) mass is 492 g/mol. The standard InChI is InChI=1S/C24H24N6O4S/c1-34-20-5-3-16-21(30-20)17(8-11-25-16)28-23(32)24(33)9-6-14(7-10-24)26-12-15-2-4-18-22(27-15)29-19(31)13-35-18/h2-6,8-9,11,14,26,33H,7,10,12-13H2,1H3,(H,25,28,32)(H,27,29,31)/t14-,24+/m0/s1. The Hall–Kier alpha value is -3.54. The number of hydrogen-bond donors (Lipinski definition) is 4. The Balaban J connectivity index is 1.23. The van der Waals surface area contributed by atoms with Crippen molar-refractivity contribution in [3.05, 3.63) is 54.4 Å². The molecule has 4 N–H and O–H groups in total. The first-order valence-corrected chi connectivity index (χ1v) is 12.1. The lowest BCUT2D eigenvalue weighted by atomic mass is 9.87. The molecule has 2 atom stereocenters. The van der Waals surface area contributed by atoms with Crippen LogP contribution in [0.3, 0.4) is 0 Å². The first kappa shape index (κ1) is 23.2.